The average molecular weight is 591 g/mol. The fourth-order valence-electron chi connectivity index (χ4n) is 3.77. The number of sulfonamides is 1. The molecule has 2 N–H and O–H groups in total. The molecule has 0 fully saturated rings. The van der Waals surface area contributed by atoms with Crippen LogP contribution >= 0.6 is 23.2 Å². The van der Waals surface area contributed by atoms with E-state index in [-0.39, 0.29) is 25.3 Å². The molecule has 0 radical (unpaired) electrons. The van der Waals surface area contributed by atoms with Crippen molar-refractivity contribution in [1.29, 1.82) is 0 Å². The number of nitrogens with one attached hydrogen (secondary N) is 1. The van der Waals surface area contributed by atoms with Gasteiger partial charge in [-0.2, -0.15) is 13.2 Å². The SMILES string of the molecule is CS(=O)(=O)Nc1ccc(OC[C@@H](O)CN(CCc2ccc(Cl)c(Cl)c2)Cc2ccccc2C(F)(F)F)cc1. The second-order valence-electron chi connectivity index (χ2n) is 8.75. The van der Waals surface area contributed by atoms with Gasteiger partial charge in [-0.05, 0) is 60.0 Å². The second kappa shape index (κ2) is 13.0. The van der Waals surface area contributed by atoms with E-state index >= 15 is 0 Å². The van der Waals surface area contributed by atoms with E-state index in [0.29, 0.717) is 34.4 Å². The third-order valence-electron chi connectivity index (χ3n) is 5.49. The van der Waals surface area contributed by atoms with Crippen LogP contribution in [0.15, 0.2) is 66.7 Å². The van der Waals surface area contributed by atoms with Crippen molar-refractivity contribution >= 4 is 38.9 Å². The first-order chi connectivity index (χ1) is 17.8. The number of hydrogen-bond donors (Lipinski definition) is 2. The minimum absolute atomic E-state index is 0.0417. The number of halogens is 5. The van der Waals surface area contributed by atoms with Crippen molar-refractivity contribution in [3.05, 3.63) is 93.5 Å². The zero-order valence-corrected chi connectivity index (χ0v) is 22.7. The molecule has 0 saturated heterocycles. The van der Waals surface area contributed by atoms with Crippen molar-refractivity contribution in [2.45, 2.75) is 25.2 Å². The van der Waals surface area contributed by atoms with Gasteiger partial charge < -0.3 is 9.84 Å². The van der Waals surface area contributed by atoms with Crippen molar-refractivity contribution < 1.29 is 31.4 Å². The van der Waals surface area contributed by atoms with Crippen LogP contribution in [0, 0.1) is 0 Å². The quantitative estimate of drug-likeness (QED) is 0.276. The summed E-state index contributed by atoms with van der Waals surface area (Å²) >= 11 is 12.1. The molecule has 0 spiro atoms. The van der Waals surface area contributed by atoms with E-state index in [1.54, 1.807) is 41.3 Å². The van der Waals surface area contributed by atoms with E-state index < -0.39 is 27.9 Å². The Bertz CT molecular complexity index is 1320. The lowest BCUT2D eigenvalue weighted by Crippen LogP contribution is -2.37. The van der Waals surface area contributed by atoms with Gasteiger partial charge in [-0.1, -0.05) is 47.5 Å². The molecular weight excluding hydrogens is 564 g/mol. The maximum Gasteiger partial charge on any atom is 0.416 e. The Hall–Kier alpha value is -2.50. The third-order valence-corrected chi connectivity index (χ3v) is 6.83. The molecule has 0 amide bonds. The standard InChI is InChI=1S/C26H27Cl2F3N2O4S/c1-38(35,36)32-20-7-9-22(10-8-20)37-17-21(34)16-33(13-12-18-6-11-24(27)25(28)14-18)15-19-4-2-3-5-23(19)26(29,30)31/h2-11,14,21,32,34H,12-13,15-17H2,1H3/t21-/m0/s1. The molecule has 206 valence electrons. The summed E-state index contributed by atoms with van der Waals surface area (Å²) in [4.78, 5) is 1.72. The number of alkyl halides is 3. The Morgan fingerprint density at radius 3 is 2.34 bits per heavy atom. The number of aliphatic hydroxyl groups is 1. The molecule has 0 unspecified atom stereocenters. The zero-order chi connectivity index (χ0) is 27.9. The maximum atomic E-state index is 13.6. The number of rotatable bonds is 12. The molecule has 12 heteroatoms. The molecule has 1 atom stereocenters. The highest BCUT2D eigenvalue weighted by molar-refractivity contribution is 7.92. The lowest BCUT2D eigenvalue weighted by molar-refractivity contribution is -0.138. The van der Waals surface area contributed by atoms with Gasteiger partial charge in [-0.15, -0.1) is 0 Å². The minimum Gasteiger partial charge on any atom is -0.491 e. The van der Waals surface area contributed by atoms with Crippen molar-refractivity contribution in [2.75, 3.05) is 30.7 Å². The summed E-state index contributed by atoms with van der Waals surface area (Å²) in [6.45, 7) is 0.220. The van der Waals surface area contributed by atoms with Gasteiger partial charge in [0.1, 0.15) is 18.5 Å². The Morgan fingerprint density at radius 1 is 1.03 bits per heavy atom. The lowest BCUT2D eigenvalue weighted by Gasteiger charge is -2.26. The Labute approximate surface area is 230 Å². The molecule has 0 bridgehead atoms. The summed E-state index contributed by atoms with van der Waals surface area (Å²) in [5.74, 6) is 0.396. The van der Waals surface area contributed by atoms with Crippen molar-refractivity contribution in [3.8, 4) is 5.75 Å². The van der Waals surface area contributed by atoms with Gasteiger partial charge in [-0.25, -0.2) is 8.42 Å². The molecule has 3 aromatic rings. The fourth-order valence-corrected chi connectivity index (χ4v) is 4.65. The van der Waals surface area contributed by atoms with Crippen LogP contribution in [0.1, 0.15) is 16.7 Å². The van der Waals surface area contributed by atoms with Gasteiger partial charge in [0.15, 0.2) is 0 Å². The lowest BCUT2D eigenvalue weighted by atomic mass is 10.1. The zero-order valence-electron chi connectivity index (χ0n) is 20.4. The number of ether oxygens (including phenoxy) is 1. The topological polar surface area (TPSA) is 78.9 Å². The molecule has 3 aromatic carbocycles. The van der Waals surface area contributed by atoms with Gasteiger partial charge >= 0.3 is 6.18 Å². The van der Waals surface area contributed by atoms with Crippen LogP contribution in [0.4, 0.5) is 18.9 Å². The van der Waals surface area contributed by atoms with Gasteiger partial charge in [0, 0.05) is 25.3 Å². The fraction of sp³-hybridized carbons (Fsp3) is 0.308. The number of hydrogen-bond acceptors (Lipinski definition) is 5. The van der Waals surface area contributed by atoms with E-state index in [2.05, 4.69) is 4.72 Å². The van der Waals surface area contributed by atoms with E-state index in [1.807, 2.05) is 0 Å². The molecule has 38 heavy (non-hydrogen) atoms. The number of nitrogens with zero attached hydrogens (tertiary/aromatic N) is 1. The highest BCUT2D eigenvalue weighted by Gasteiger charge is 2.33. The molecule has 0 aliphatic carbocycles. The minimum atomic E-state index is -4.51. The van der Waals surface area contributed by atoms with Crippen LogP contribution in [0.3, 0.4) is 0 Å². The first-order valence-corrected chi connectivity index (χ1v) is 14.1. The summed E-state index contributed by atoms with van der Waals surface area (Å²) in [6.07, 6.45) is -4.02. The molecule has 0 saturated carbocycles. The first-order valence-electron chi connectivity index (χ1n) is 11.5. The average Bonchev–Trinajstić information content (AvgIpc) is 2.83. The van der Waals surface area contributed by atoms with E-state index in [9.17, 15) is 26.7 Å². The van der Waals surface area contributed by atoms with E-state index in [1.165, 1.54) is 24.3 Å². The monoisotopic (exact) mass is 590 g/mol. The molecule has 0 aliphatic rings. The summed E-state index contributed by atoms with van der Waals surface area (Å²) in [7, 11) is -3.42. The highest BCUT2D eigenvalue weighted by atomic mass is 35.5. The van der Waals surface area contributed by atoms with Crippen molar-refractivity contribution in [1.82, 2.24) is 4.90 Å². The largest absolute Gasteiger partial charge is 0.491 e. The normalized spacial score (nSPS) is 12.9. The third kappa shape index (κ3) is 9.67. The molecule has 0 aliphatic heterocycles. The van der Waals surface area contributed by atoms with Crippen molar-refractivity contribution in [3.63, 3.8) is 0 Å². The van der Waals surface area contributed by atoms with Crippen LogP contribution in [-0.2, 0) is 29.2 Å². The summed E-state index contributed by atoms with van der Waals surface area (Å²) in [6, 6.07) is 16.6. The predicted octanol–water partition coefficient (Wildman–Crippen LogP) is 5.87. The smallest absolute Gasteiger partial charge is 0.416 e. The van der Waals surface area contributed by atoms with E-state index in [4.69, 9.17) is 27.9 Å². The molecule has 0 aromatic heterocycles. The molecular formula is C26H27Cl2F3N2O4S. The van der Waals surface area contributed by atoms with Crippen molar-refractivity contribution in [2.24, 2.45) is 0 Å². The summed E-state index contributed by atoms with van der Waals surface area (Å²) < 4.78 is 71.3. The summed E-state index contributed by atoms with van der Waals surface area (Å²) in [5, 5.41) is 11.4. The molecule has 0 heterocycles. The Balaban J connectivity index is 1.68. The van der Waals surface area contributed by atoms with Crippen LogP contribution in [0.25, 0.3) is 0 Å². The first kappa shape index (κ1) is 30.0. The Morgan fingerprint density at radius 2 is 1.71 bits per heavy atom. The van der Waals surface area contributed by atoms with Gasteiger partial charge in [0.05, 0.1) is 21.9 Å². The predicted molar refractivity (Wildman–Crippen MR) is 143 cm³/mol. The molecule has 3 rings (SSSR count). The number of aliphatic hydroxyl groups excluding tert-OH is 1. The Kier molecular flexibility index (Phi) is 10.3. The van der Waals surface area contributed by atoms with Crippen LogP contribution in [0.5, 0.6) is 5.75 Å². The highest BCUT2D eigenvalue weighted by Crippen LogP contribution is 2.32. The number of benzene rings is 3. The second-order valence-corrected chi connectivity index (χ2v) is 11.3. The number of anilines is 1. The summed E-state index contributed by atoms with van der Waals surface area (Å²) in [5.41, 5.74) is 0.573. The van der Waals surface area contributed by atoms with E-state index in [0.717, 1.165) is 17.9 Å². The maximum absolute atomic E-state index is 13.6. The molecule has 6 nitrogen and oxygen atoms in total. The van der Waals surface area contributed by atoms with Crippen LogP contribution in [0.2, 0.25) is 10.0 Å². The van der Waals surface area contributed by atoms with Crippen LogP contribution in [-0.4, -0.2) is 50.5 Å². The van der Waals surface area contributed by atoms with Crippen LogP contribution < -0.4 is 9.46 Å². The van der Waals surface area contributed by atoms with Gasteiger partial charge in [-0.3, -0.25) is 9.62 Å². The van der Waals surface area contributed by atoms with Gasteiger partial charge in [0.2, 0.25) is 10.0 Å². The van der Waals surface area contributed by atoms with Gasteiger partial charge in [0.25, 0.3) is 0 Å².